The van der Waals surface area contributed by atoms with E-state index in [1.54, 1.807) is 25.1 Å². The van der Waals surface area contributed by atoms with E-state index in [2.05, 4.69) is 10.6 Å². The van der Waals surface area contributed by atoms with Crippen LogP contribution in [0.1, 0.15) is 39.7 Å². The van der Waals surface area contributed by atoms with Crippen LogP contribution in [0.2, 0.25) is 0 Å². The lowest BCUT2D eigenvalue weighted by molar-refractivity contribution is -0.133. The van der Waals surface area contributed by atoms with Gasteiger partial charge in [0.05, 0.1) is 19.8 Å². The first-order valence-electron chi connectivity index (χ1n) is 10.3. The van der Waals surface area contributed by atoms with E-state index in [1.165, 1.54) is 25.6 Å². The number of nitrogens with zero attached hydrogens (tertiary/aromatic N) is 1. The van der Waals surface area contributed by atoms with Gasteiger partial charge in [0, 0.05) is 4.88 Å². The number of aryl methyl sites for hydroxylation is 1. The van der Waals surface area contributed by atoms with Crippen LogP contribution in [-0.2, 0) is 28.0 Å². The molecule has 1 saturated heterocycles. The summed E-state index contributed by atoms with van der Waals surface area (Å²) in [7, 11) is 2.96. The number of primary amides is 1. The Morgan fingerprint density at radius 2 is 1.94 bits per heavy atom. The Kier molecular flexibility index (Phi) is 5.75. The van der Waals surface area contributed by atoms with Gasteiger partial charge in [0.25, 0.3) is 11.8 Å². The number of nitrogens with one attached hydrogen (secondary N) is 2. The average Bonchev–Trinajstić information content (AvgIpc) is 3.41. The van der Waals surface area contributed by atoms with Gasteiger partial charge in [-0.2, -0.15) is 0 Å². The number of amides is 5. The molecule has 4 rings (SSSR count). The number of urea groups is 1. The summed E-state index contributed by atoms with van der Waals surface area (Å²) in [6.07, 6.45) is 2.50. The largest absolute Gasteiger partial charge is 0.493 e. The second-order valence-corrected chi connectivity index (χ2v) is 9.10. The number of carbonyl (C=O) groups is 4. The summed E-state index contributed by atoms with van der Waals surface area (Å²) < 4.78 is 10.5. The number of nitrogens with two attached hydrogens (primary N) is 1. The van der Waals surface area contributed by atoms with E-state index in [9.17, 15) is 19.2 Å². The summed E-state index contributed by atoms with van der Waals surface area (Å²) in [4.78, 5) is 52.3. The van der Waals surface area contributed by atoms with Gasteiger partial charge in [0.2, 0.25) is 5.91 Å². The first-order chi connectivity index (χ1) is 15.7. The molecular formula is C22H24N4O6S. The highest BCUT2D eigenvalue weighted by Crippen LogP contribution is 2.39. The average molecular weight is 473 g/mol. The maximum atomic E-state index is 13.2. The number of hydrogen-bond acceptors (Lipinski definition) is 7. The predicted molar refractivity (Wildman–Crippen MR) is 121 cm³/mol. The Hall–Kier alpha value is -3.60. The minimum Gasteiger partial charge on any atom is -0.493 e. The fourth-order valence-electron chi connectivity index (χ4n) is 4.25. The van der Waals surface area contributed by atoms with Gasteiger partial charge in [-0.1, -0.05) is 6.07 Å². The van der Waals surface area contributed by atoms with Crippen molar-refractivity contribution >= 4 is 40.1 Å². The van der Waals surface area contributed by atoms with Crippen LogP contribution in [0.25, 0.3) is 0 Å². The highest BCUT2D eigenvalue weighted by Gasteiger charge is 2.49. The topological polar surface area (TPSA) is 140 Å². The number of fused-ring (bicyclic) bond motifs is 1. The van der Waals surface area contributed by atoms with E-state index in [-0.39, 0.29) is 0 Å². The van der Waals surface area contributed by atoms with Gasteiger partial charge in [-0.05, 0) is 49.4 Å². The molecule has 0 bridgehead atoms. The molecule has 1 aliphatic carbocycles. The molecule has 174 valence electrons. The first-order valence-corrected chi connectivity index (χ1v) is 11.1. The molecule has 2 aromatic rings. The molecule has 2 heterocycles. The maximum absolute atomic E-state index is 13.2. The molecule has 1 unspecified atom stereocenters. The lowest BCUT2D eigenvalue weighted by atomic mass is 9.91. The molecule has 1 atom stereocenters. The van der Waals surface area contributed by atoms with Crippen LogP contribution in [0.4, 0.5) is 9.80 Å². The summed E-state index contributed by atoms with van der Waals surface area (Å²) in [6.45, 7) is 1.05. The number of anilines is 1. The van der Waals surface area contributed by atoms with Gasteiger partial charge < -0.3 is 25.8 Å². The standard InChI is InChI=1S/C22H24N4O6S/c1-22(11-7-8-13(31-2)14(9-11)32-3)20(29)26(21(30)25-22)10-16(27)24-19-17(18(23)28)12-5-4-6-15(12)33-19/h7-9H,4-6,10H2,1-3H3,(H2,23,28)(H,24,27)(H,25,30). The van der Waals surface area contributed by atoms with E-state index in [1.807, 2.05) is 0 Å². The predicted octanol–water partition coefficient (Wildman–Crippen LogP) is 1.76. The fraction of sp³-hybridized carbons (Fsp3) is 0.364. The van der Waals surface area contributed by atoms with Gasteiger partial charge in [-0.15, -0.1) is 11.3 Å². The minimum absolute atomic E-state index is 0.313. The number of methoxy groups -OCH3 is 2. The SMILES string of the molecule is COc1ccc(C2(C)NC(=O)N(CC(=O)Nc3sc4c(c3C(N)=O)CCC4)C2=O)cc1OC. The number of benzene rings is 1. The zero-order valence-electron chi connectivity index (χ0n) is 18.4. The van der Waals surface area contributed by atoms with E-state index >= 15 is 0 Å². The van der Waals surface area contributed by atoms with Crippen molar-refractivity contribution in [3.63, 3.8) is 0 Å². The van der Waals surface area contributed by atoms with Crippen molar-refractivity contribution < 1.29 is 28.7 Å². The summed E-state index contributed by atoms with van der Waals surface area (Å²) in [5.41, 5.74) is 5.80. The van der Waals surface area contributed by atoms with E-state index < -0.39 is 35.8 Å². The lowest BCUT2D eigenvalue weighted by Crippen LogP contribution is -2.42. The Bertz CT molecular complexity index is 1180. The zero-order chi connectivity index (χ0) is 23.9. The number of ether oxygens (including phenoxy) is 2. The van der Waals surface area contributed by atoms with Gasteiger partial charge in [0.15, 0.2) is 11.5 Å². The number of thiophene rings is 1. The van der Waals surface area contributed by atoms with Crippen LogP contribution in [0.5, 0.6) is 11.5 Å². The lowest BCUT2D eigenvalue weighted by Gasteiger charge is -2.23. The zero-order valence-corrected chi connectivity index (χ0v) is 19.3. The second kappa shape index (κ2) is 8.39. The Balaban J connectivity index is 1.53. The monoisotopic (exact) mass is 472 g/mol. The van der Waals surface area contributed by atoms with Gasteiger partial charge in [-0.3, -0.25) is 19.3 Å². The summed E-state index contributed by atoms with van der Waals surface area (Å²) in [5.74, 6) is -0.915. The molecule has 33 heavy (non-hydrogen) atoms. The molecule has 11 heteroatoms. The molecule has 10 nitrogen and oxygen atoms in total. The molecule has 1 aromatic heterocycles. The number of rotatable bonds is 7. The van der Waals surface area contributed by atoms with Crippen molar-refractivity contribution in [2.24, 2.45) is 5.73 Å². The molecular weight excluding hydrogens is 448 g/mol. The summed E-state index contributed by atoms with van der Waals surface area (Å²) in [5, 5.41) is 5.67. The van der Waals surface area contributed by atoms with Crippen LogP contribution >= 0.6 is 11.3 Å². The number of imide groups is 1. The molecule has 5 amide bonds. The van der Waals surface area contributed by atoms with Crippen LogP contribution in [-0.4, -0.2) is 49.4 Å². The summed E-state index contributed by atoms with van der Waals surface area (Å²) in [6, 6.07) is 4.19. The van der Waals surface area contributed by atoms with Crippen molar-refractivity contribution in [2.75, 3.05) is 26.1 Å². The maximum Gasteiger partial charge on any atom is 0.325 e. The van der Waals surface area contributed by atoms with Crippen molar-refractivity contribution in [3.05, 3.63) is 39.8 Å². The van der Waals surface area contributed by atoms with Gasteiger partial charge in [-0.25, -0.2) is 4.79 Å². The molecule has 2 aliphatic rings. The summed E-state index contributed by atoms with van der Waals surface area (Å²) >= 11 is 1.31. The smallest absolute Gasteiger partial charge is 0.325 e. The van der Waals surface area contributed by atoms with Crippen LogP contribution < -0.4 is 25.8 Å². The van der Waals surface area contributed by atoms with Crippen molar-refractivity contribution in [1.29, 1.82) is 0 Å². The molecule has 1 aliphatic heterocycles. The molecule has 0 radical (unpaired) electrons. The highest BCUT2D eigenvalue weighted by atomic mass is 32.1. The van der Waals surface area contributed by atoms with E-state index in [0.717, 1.165) is 34.6 Å². The molecule has 1 aromatic carbocycles. The molecule has 1 fully saturated rings. The van der Waals surface area contributed by atoms with Crippen LogP contribution in [0, 0.1) is 0 Å². The normalized spacial score (nSPS) is 19.3. The third-order valence-corrected chi connectivity index (χ3v) is 7.17. The third-order valence-electron chi connectivity index (χ3n) is 5.96. The molecule has 4 N–H and O–H groups in total. The Morgan fingerprint density at radius 1 is 1.21 bits per heavy atom. The molecule has 0 spiro atoms. The quantitative estimate of drug-likeness (QED) is 0.525. The number of hydrogen-bond donors (Lipinski definition) is 3. The third kappa shape index (κ3) is 3.78. The second-order valence-electron chi connectivity index (χ2n) is 7.99. The number of carbonyl (C=O) groups excluding carboxylic acids is 4. The Morgan fingerprint density at radius 3 is 2.61 bits per heavy atom. The van der Waals surface area contributed by atoms with Crippen molar-refractivity contribution in [1.82, 2.24) is 10.2 Å². The fourth-order valence-corrected chi connectivity index (χ4v) is 5.56. The van der Waals surface area contributed by atoms with Crippen molar-refractivity contribution in [3.8, 4) is 11.5 Å². The highest BCUT2D eigenvalue weighted by molar-refractivity contribution is 7.17. The minimum atomic E-state index is -1.39. The van der Waals surface area contributed by atoms with Crippen LogP contribution in [0.3, 0.4) is 0 Å². The van der Waals surface area contributed by atoms with E-state index in [4.69, 9.17) is 15.2 Å². The molecule has 0 saturated carbocycles. The van der Waals surface area contributed by atoms with E-state index in [0.29, 0.717) is 27.6 Å². The first kappa shape index (κ1) is 22.6. The van der Waals surface area contributed by atoms with Crippen molar-refractivity contribution in [2.45, 2.75) is 31.7 Å². The Labute approximate surface area is 194 Å². The van der Waals surface area contributed by atoms with Crippen LogP contribution in [0.15, 0.2) is 18.2 Å². The van der Waals surface area contributed by atoms with Gasteiger partial charge in [0.1, 0.15) is 17.1 Å². The van der Waals surface area contributed by atoms with Gasteiger partial charge >= 0.3 is 6.03 Å².